The maximum Gasteiger partial charge on any atom is 0.264 e. The molecule has 0 unspecified atom stereocenters. The van der Waals surface area contributed by atoms with Crippen molar-refractivity contribution in [3.63, 3.8) is 0 Å². The smallest absolute Gasteiger partial charge is 0.264 e. The van der Waals surface area contributed by atoms with Gasteiger partial charge in [-0.2, -0.15) is 4.98 Å². The zero-order chi connectivity index (χ0) is 38.9. The van der Waals surface area contributed by atoms with Gasteiger partial charge in [0.25, 0.3) is 15.9 Å². The molecule has 1 amide bonds. The highest BCUT2D eigenvalue weighted by Crippen LogP contribution is 2.38. The number of sulfonamides is 1. The number of hydrogen-bond donors (Lipinski definition) is 1. The van der Waals surface area contributed by atoms with Gasteiger partial charge in [-0.25, -0.2) is 23.1 Å². The van der Waals surface area contributed by atoms with Crippen molar-refractivity contribution in [1.82, 2.24) is 24.8 Å². The predicted molar refractivity (Wildman–Crippen MR) is 216 cm³/mol. The number of nitrogens with zero attached hydrogens (tertiary/aromatic N) is 6. The molecule has 1 aliphatic heterocycles. The lowest BCUT2D eigenvalue weighted by atomic mass is 9.82. The first kappa shape index (κ1) is 38.7. The number of anilines is 2. The summed E-state index contributed by atoms with van der Waals surface area (Å²) in [5.74, 6) is 1.22. The van der Waals surface area contributed by atoms with Crippen LogP contribution in [0.3, 0.4) is 0 Å². The Morgan fingerprint density at radius 1 is 0.945 bits per heavy atom. The molecule has 1 atom stereocenters. The first-order valence-electron chi connectivity index (χ1n) is 19.8. The van der Waals surface area contributed by atoms with Crippen molar-refractivity contribution in [2.75, 3.05) is 23.3 Å². The van der Waals surface area contributed by atoms with Crippen LogP contribution >= 0.6 is 0 Å². The monoisotopic (exact) mass is 765 g/mol. The van der Waals surface area contributed by atoms with Gasteiger partial charge in [0.2, 0.25) is 11.8 Å². The second kappa shape index (κ2) is 15.9. The molecule has 0 saturated heterocycles. The molecule has 3 heterocycles. The minimum Gasteiger partial charge on any atom is -0.475 e. The number of amides is 1. The van der Waals surface area contributed by atoms with Crippen molar-refractivity contribution in [1.29, 1.82) is 0 Å². The molecule has 12 heteroatoms. The number of aryl methyl sites for hydroxylation is 1. The molecular weight excluding hydrogens is 711 g/mol. The topological polar surface area (TPSA) is 131 Å². The molecule has 2 aromatic carbocycles. The SMILES string of the molecule is Cc1cccc(CC2CCCCC2)c1-c1nc2nc(c1C)OC[C@@H](CC(C)(C)C)N(Cc1cncc(N(C)C3CCC3)n1)C(=O)c1cccc(c1)S(=O)(=O)N2. The molecule has 292 valence electrons. The van der Waals surface area contributed by atoms with Gasteiger partial charge >= 0.3 is 0 Å². The highest BCUT2D eigenvalue weighted by molar-refractivity contribution is 7.92. The molecule has 2 saturated carbocycles. The fourth-order valence-corrected chi connectivity index (χ4v) is 9.28. The van der Waals surface area contributed by atoms with Gasteiger partial charge in [0.1, 0.15) is 12.4 Å². The Labute approximate surface area is 326 Å². The number of fused-ring (bicyclic) bond motifs is 4. The van der Waals surface area contributed by atoms with Crippen molar-refractivity contribution >= 4 is 27.7 Å². The molecule has 11 nitrogen and oxygen atoms in total. The molecule has 0 spiro atoms. The minimum atomic E-state index is -4.21. The fourth-order valence-electron chi connectivity index (χ4n) is 8.29. The third-order valence-electron chi connectivity index (χ3n) is 11.5. The number of carbonyl (C=O) groups is 1. The Hall–Kier alpha value is -4.58. The van der Waals surface area contributed by atoms with Crippen LogP contribution < -0.4 is 14.4 Å². The van der Waals surface area contributed by atoms with Crippen LogP contribution in [0.1, 0.15) is 111 Å². The summed E-state index contributed by atoms with van der Waals surface area (Å²) < 4.78 is 37.4. The van der Waals surface area contributed by atoms with Gasteiger partial charge in [-0.1, -0.05) is 77.1 Å². The summed E-state index contributed by atoms with van der Waals surface area (Å²) in [5.41, 5.74) is 5.25. The van der Waals surface area contributed by atoms with Crippen LogP contribution in [0.5, 0.6) is 5.88 Å². The number of nitrogens with one attached hydrogen (secondary N) is 1. The summed E-state index contributed by atoms with van der Waals surface area (Å²) >= 11 is 0. The summed E-state index contributed by atoms with van der Waals surface area (Å²) in [6, 6.07) is 12.5. The lowest BCUT2D eigenvalue weighted by Gasteiger charge is -2.37. The first-order chi connectivity index (χ1) is 26.3. The van der Waals surface area contributed by atoms with E-state index in [0.29, 0.717) is 35.3 Å². The van der Waals surface area contributed by atoms with E-state index >= 15 is 0 Å². The average Bonchev–Trinajstić information content (AvgIpc) is 3.12. The van der Waals surface area contributed by atoms with Gasteiger partial charge < -0.3 is 14.5 Å². The molecule has 7 rings (SSSR count). The van der Waals surface area contributed by atoms with Crippen LogP contribution in [-0.4, -0.2) is 64.9 Å². The third kappa shape index (κ3) is 8.79. The molecule has 1 N–H and O–H groups in total. The molecule has 4 aromatic rings. The zero-order valence-electron chi connectivity index (χ0n) is 33.1. The number of aromatic nitrogens is 4. The molecule has 2 aromatic heterocycles. The van der Waals surface area contributed by atoms with Gasteiger partial charge in [0, 0.05) is 29.8 Å². The van der Waals surface area contributed by atoms with E-state index in [0.717, 1.165) is 36.2 Å². The number of carbonyl (C=O) groups excluding carboxylic acids is 1. The van der Waals surface area contributed by atoms with Crippen molar-refractivity contribution in [2.24, 2.45) is 11.3 Å². The maximum absolute atomic E-state index is 14.7. The van der Waals surface area contributed by atoms with Gasteiger partial charge in [-0.15, -0.1) is 0 Å². The van der Waals surface area contributed by atoms with Crippen LogP contribution in [0.25, 0.3) is 11.3 Å². The van der Waals surface area contributed by atoms with E-state index in [1.54, 1.807) is 29.4 Å². The summed E-state index contributed by atoms with van der Waals surface area (Å²) in [4.78, 5) is 37.7. The Kier molecular flexibility index (Phi) is 11.2. The van der Waals surface area contributed by atoms with E-state index in [1.165, 1.54) is 56.2 Å². The second-order valence-corrected chi connectivity index (χ2v) is 18.7. The molecule has 2 aliphatic carbocycles. The summed E-state index contributed by atoms with van der Waals surface area (Å²) in [6.07, 6.45) is 14.6. The van der Waals surface area contributed by atoms with Crippen molar-refractivity contribution in [2.45, 2.75) is 122 Å². The van der Waals surface area contributed by atoms with E-state index in [1.807, 2.05) is 14.0 Å². The van der Waals surface area contributed by atoms with E-state index in [2.05, 4.69) is 60.5 Å². The first-order valence-corrected chi connectivity index (χ1v) is 21.3. The largest absolute Gasteiger partial charge is 0.475 e. The normalized spacial score (nSPS) is 19.3. The lowest BCUT2D eigenvalue weighted by molar-refractivity contribution is 0.0508. The molecule has 2 fully saturated rings. The number of ether oxygens (including phenoxy) is 1. The molecule has 3 aliphatic rings. The minimum absolute atomic E-state index is 0.0593. The summed E-state index contributed by atoms with van der Waals surface area (Å²) in [7, 11) is -2.16. The van der Waals surface area contributed by atoms with Crippen LogP contribution in [0.15, 0.2) is 59.8 Å². The summed E-state index contributed by atoms with van der Waals surface area (Å²) in [5, 5.41) is 0. The van der Waals surface area contributed by atoms with Crippen LogP contribution in [0.2, 0.25) is 0 Å². The Morgan fingerprint density at radius 2 is 1.71 bits per heavy atom. The Bertz CT molecular complexity index is 2140. The Morgan fingerprint density at radius 3 is 2.44 bits per heavy atom. The molecule has 0 radical (unpaired) electrons. The molecular formula is C43H55N7O4S. The number of rotatable bonds is 8. The summed E-state index contributed by atoms with van der Waals surface area (Å²) in [6.45, 7) is 10.7. The predicted octanol–water partition coefficient (Wildman–Crippen LogP) is 8.30. The van der Waals surface area contributed by atoms with Crippen LogP contribution in [0.4, 0.5) is 11.8 Å². The van der Waals surface area contributed by atoms with Gasteiger partial charge in [-0.05, 0) is 86.6 Å². The standard InChI is InChI=1S/C43H55N7O4S/c1-28-13-10-16-31(21-30-14-8-7-9-15-30)38(28)39-29(2)40-47-42(46-39)48-55(52,53)36-20-11-17-32(22-36)41(51)50(35(27-54-40)23-43(3,4)5)26-33-24-44-25-37(45-33)49(6)34-18-12-19-34/h10-11,13,16-17,20,22,24-25,30,34-35H,7-9,12,14-15,18-19,21,23,26-27H2,1-6H3,(H,46,47,48)/t35-/m1/s1. The zero-order valence-corrected chi connectivity index (χ0v) is 34.0. The maximum atomic E-state index is 14.7. The van der Waals surface area contributed by atoms with E-state index in [9.17, 15) is 13.2 Å². The van der Waals surface area contributed by atoms with Gasteiger partial charge in [0.15, 0.2) is 0 Å². The highest BCUT2D eigenvalue weighted by atomic mass is 32.2. The van der Waals surface area contributed by atoms with Gasteiger partial charge in [-0.3, -0.25) is 9.78 Å². The van der Waals surface area contributed by atoms with E-state index in [4.69, 9.17) is 19.7 Å². The quantitative estimate of drug-likeness (QED) is 0.188. The molecule has 4 bridgehead atoms. The lowest BCUT2D eigenvalue weighted by Crippen LogP contribution is -2.45. The Balaban J connectivity index is 1.33. The van der Waals surface area contributed by atoms with Crippen molar-refractivity contribution in [3.8, 4) is 17.1 Å². The average molecular weight is 766 g/mol. The van der Waals surface area contributed by atoms with Crippen LogP contribution in [0, 0.1) is 25.2 Å². The van der Waals surface area contributed by atoms with Crippen molar-refractivity contribution in [3.05, 3.63) is 82.8 Å². The molecule has 55 heavy (non-hydrogen) atoms. The second-order valence-electron chi connectivity index (χ2n) is 17.0. The van der Waals surface area contributed by atoms with E-state index in [-0.39, 0.29) is 46.8 Å². The fraction of sp³-hybridized carbons (Fsp3) is 0.512. The number of hydrogen-bond acceptors (Lipinski definition) is 9. The van der Waals surface area contributed by atoms with Crippen molar-refractivity contribution < 1.29 is 17.9 Å². The number of benzene rings is 2. The van der Waals surface area contributed by atoms with Crippen LogP contribution in [-0.2, 0) is 23.0 Å². The van der Waals surface area contributed by atoms with E-state index < -0.39 is 16.1 Å². The highest BCUT2D eigenvalue weighted by Gasteiger charge is 2.33. The third-order valence-corrected chi connectivity index (χ3v) is 12.8. The van der Waals surface area contributed by atoms with Gasteiger partial charge in [0.05, 0.1) is 41.3 Å².